The van der Waals surface area contributed by atoms with Gasteiger partial charge >= 0.3 is 11.9 Å². The number of aliphatic carboxylic acids is 2. The van der Waals surface area contributed by atoms with Crippen molar-refractivity contribution in [2.75, 3.05) is 0 Å². The molecular weight excluding hydrogens is 226 g/mol. The lowest BCUT2D eigenvalue weighted by atomic mass is 10.0. The maximum atomic E-state index is 10.7. The van der Waals surface area contributed by atoms with Crippen LogP contribution < -0.4 is 11.5 Å². The topological polar surface area (TPSA) is 142 Å². The zero-order valence-electron chi connectivity index (χ0n) is 9.14. The fourth-order valence-corrected chi connectivity index (χ4v) is 1.60. The van der Waals surface area contributed by atoms with Crippen molar-refractivity contribution < 1.29 is 19.8 Å². The van der Waals surface area contributed by atoms with Gasteiger partial charge in [0.1, 0.15) is 6.04 Å². The molecule has 0 saturated carbocycles. The molecule has 1 atom stereocenters. The van der Waals surface area contributed by atoms with Crippen LogP contribution in [0.15, 0.2) is 6.20 Å². The number of nitrogens with two attached hydrogens (primary N) is 2. The van der Waals surface area contributed by atoms with Gasteiger partial charge in [-0.3, -0.25) is 9.59 Å². The van der Waals surface area contributed by atoms with E-state index in [1.54, 1.807) is 6.20 Å². The second-order valence-corrected chi connectivity index (χ2v) is 3.69. The number of H-pyrrole nitrogens is 1. The third-order valence-electron chi connectivity index (χ3n) is 2.46. The molecule has 0 aliphatic rings. The van der Waals surface area contributed by atoms with Crippen LogP contribution in [0.5, 0.6) is 0 Å². The Morgan fingerprint density at radius 2 is 2.06 bits per heavy atom. The van der Waals surface area contributed by atoms with Gasteiger partial charge in [0.05, 0.1) is 6.42 Å². The van der Waals surface area contributed by atoms with Gasteiger partial charge in [-0.15, -0.1) is 0 Å². The van der Waals surface area contributed by atoms with Crippen molar-refractivity contribution in [3.05, 3.63) is 23.0 Å². The summed E-state index contributed by atoms with van der Waals surface area (Å²) in [5.74, 6) is -2.12. The first kappa shape index (κ1) is 13.2. The van der Waals surface area contributed by atoms with Crippen molar-refractivity contribution in [1.82, 2.24) is 4.98 Å². The van der Waals surface area contributed by atoms with Crippen LogP contribution in [0.25, 0.3) is 0 Å². The fourth-order valence-electron chi connectivity index (χ4n) is 1.60. The van der Waals surface area contributed by atoms with Gasteiger partial charge in [0, 0.05) is 24.9 Å². The van der Waals surface area contributed by atoms with Gasteiger partial charge in [-0.2, -0.15) is 0 Å². The van der Waals surface area contributed by atoms with Crippen LogP contribution in [0.2, 0.25) is 0 Å². The molecular formula is C10H15N3O4. The van der Waals surface area contributed by atoms with Gasteiger partial charge in [-0.05, 0) is 11.1 Å². The monoisotopic (exact) mass is 241 g/mol. The molecule has 1 aromatic rings. The number of rotatable bonds is 6. The van der Waals surface area contributed by atoms with Crippen LogP contribution in [-0.2, 0) is 29.0 Å². The molecule has 0 saturated heterocycles. The molecule has 0 amide bonds. The molecule has 94 valence electrons. The van der Waals surface area contributed by atoms with Crippen molar-refractivity contribution in [2.24, 2.45) is 11.5 Å². The lowest BCUT2D eigenvalue weighted by molar-refractivity contribution is -0.138. The van der Waals surface area contributed by atoms with E-state index in [2.05, 4.69) is 4.98 Å². The smallest absolute Gasteiger partial charge is 0.320 e. The van der Waals surface area contributed by atoms with E-state index < -0.39 is 18.0 Å². The van der Waals surface area contributed by atoms with E-state index >= 15 is 0 Å². The van der Waals surface area contributed by atoms with E-state index in [1.165, 1.54) is 0 Å². The Morgan fingerprint density at radius 1 is 1.41 bits per heavy atom. The highest BCUT2D eigenvalue weighted by Gasteiger charge is 2.18. The van der Waals surface area contributed by atoms with Crippen LogP contribution in [0.4, 0.5) is 0 Å². The summed E-state index contributed by atoms with van der Waals surface area (Å²) in [7, 11) is 0. The molecule has 1 unspecified atom stereocenters. The summed E-state index contributed by atoms with van der Waals surface area (Å²) in [6.07, 6.45) is 1.44. The third-order valence-corrected chi connectivity index (χ3v) is 2.46. The lowest BCUT2D eigenvalue weighted by Crippen LogP contribution is -2.32. The highest BCUT2D eigenvalue weighted by molar-refractivity contribution is 5.74. The summed E-state index contributed by atoms with van der Waals surface area (Å²) < 4.78 is 0. The van der Waals surface area contributed by atoms with Crippen molar-refractivity contribution in [3.63, 3.8) is 0 Å². The molecule has 0 aromatic carbocycles. The first-order valence-electron chi connectivity index (χ1n) is 5.04. The van der Waals surface area contributed by atoms with E-state index in [-0.39, 0.29) is 19.4 Å². The summed E-state index contributed by atoms with van der Waals surface area (Å²) in [6, 6.07) is -1.05. The molecule has 0 fully saturated rings. The van der Waals surface area contributed by atoms with Crippen LogP contribution in [0, 0.1) is 0 Å². The molecule has 0 bridgehead atoms. The standard InChI is InChI=1S/C10H15N3O4/c11-3-8-6(2-9(14)15)5(4-13-8)1-7(12)10(16)17/h4,7,13H,1-3,11-12H2,(H,14,15)(H,16,17). The highest BCUT2D eigenvalue weighted by Crippen LogP contribution is 2.16. The maximum absolute atomic E-state index is 10.7. The lowest BCUT2D eigenvalue weighted by Gasteiger charge is -2.07. The number of hydrogen-bond donors (Lipinski definition) is 5. The van der Waals surface area contributed by atoms with Crippen LogP contribution >= 0.6 is 0 Å². The predicted octanol–water partition coefficient (Wildman–Crippen LogP) is -0.945. The summed E-state index contributed by atoms with van der Waals surface area (Å²) >= 11 is 0. The summed E-state index contributed by atoms with van der Waals surface area (Å²) in [5.41, 5.74) is 12.6. The molecule has 1 aromatic heterocycles. The number of nitrogens with one attached hydrogen (secondary N) is 1. The SMILES string of the molecule is NCc1[nH]cc(CC(N)C(=O)O)c1CC(=O)O. The Balaban J connectivity index is 2.94. The minimum Gasteiger partial charge on any atom is -0.481 e. The van der Waals surface area contributed by atoms with E-state index in [0.717, 1.165) is 0 Å². The third kappa shape index (κ3) is 3.30. The van der Waals surface area contributed by atoms with Gasteiger partial charge in [0.25, 0.3) is 0 Å². The number of aromatic amines is 1. The quantitative estimate of drug-likeness (QED) is 0.434. The fraction of sp³-hybridized carbons (Fsp3) is 0.400. The van der Waals surface area contributed by atoms with Gasteiger partial charge in [0.15, 0.2) is 0 Å². The average Bonchev–Trinajstić information content (AvgIpc) is 2.60. The van der Waals surface area contributed by atoms with Crippen LogP contribution in [0.1, 0.15) is 16.8 Å². The summed E-state index contributed by atoms with van der Waals surface area (Å²) in [4.78, 5) is 24.2. The van der Waals surface area contributed by atoms with Crippen molar-refractivity contribution in [2.45, 2.75) is 25.4 Å². The highest BCUT2D eigenvalue weighted by atomic mass is 16.4. The van der Waals surface area contributed by atoms with E-state index in [1.807, 2.05) is 0 Å². The van der Waals surface area contributed by atoms with Gasteiger partial charge in [-0.1, -0.05) is 0 Å². The number of aromatic nitrogens is 1. The molecule has 0 radical (unpaired) electrons. The summed E-state index contributed by atoms with van der Waals surface area (Å²) in [5, 5.41) is 17.5. The van der Waals surface area contributed by atoms with Gasteiger partial charge in [0.2, 0.25) is 0 Å². The minimum atomic E-state index is -1.12. The number of hydrogen-bond acceptors (Lipinski definition) is 4. The predicted molar refractivity (Wildman–Crippen MR) is 59.3 cm³/mol. The van der Waals surface area contributed by atoms with E-state index in [9.17, 15) is 9.59 Å². The number of carboxylic acids is 2. The molecule has 7 N–H and O–H groups in total. The van der Waals surface area contributed by atoms with Crippen molar-refractivity contribution in [1.29, 1.82) is 0 Å². The minimum absolute atomic E-state index is 0.0778. The Labute approximate surface area is 97.4 Å². The number of carbonyl (C=O) groups is 2. The molecule has 7 heteroatoms. The Hall–Kier alpha value is -1.86. The van der Waals surface area contributed by atoms with Crippen molar-refractivity contribution >= 4 is 11.9 Å². The first-order chi connectivity index (χ1) is 7.95. The Bertz CT molecular complexity index is 427. The second kappa shape index (κ2) is 5.46. The van der Waals surface area contributed by atoms with Crippen molar-refractivity contribution in [3.8, 4) is 0 Å². The van der Waals surface area contributed by atoms with E-state index in [4.69, 9.17) is 21.7 Å². The van der Waals surface area contributed by atoms with Crippen LogP contribution in [0.3, 0.4) is 0 Å². The zero-order chi connectivity index (χ0) is 13.0. The normalized spacial score (nSPS) is 12.4. The maximum Gasteiger partial charge on any atom is 0.320 e. The zero-order valence-corrected chi connectivity index (χ0v) is 9.14. The summed E-state index contributed by atoms with van der Waals surface area (Å²) in [6.45, 7) is 0.172. The first-order valence-corrected chi connectivity index (χ1v) is 5.04. The molecule has 1 rings (SSSR count). The van der Waals surface area contributed by atoms with Gasteiger partial charge in [-0.25, -0.2) is 0 Å². The molecule has 1 heterocycles. The second-order valence-electron chi connectivity index (χ2n) is 3.69. The number of carboxylic acid groups (broad SMARTS) is 2. The molecule has 0 aliphatic carbocycles. The molecule has 17 heavy (non-hydrogen) atoms. The Morgan fingerprint density at radius 3 is 2.53 bits per heavy atom. The molecule has 0 aliphatic heterocycles. The van der Waals surface area contributed by atoms with Gasteiger partial charge < -0.3 is 26.7 Å². The molecule has 0 spiro atoms. The molecule has 7 nitrogen and oxygen atoms in total. The average molecular weight is 241 g/mol. The Kier molecular flexibility index (Phi) is 4.24. The van der Waals surface area contributed by atoms with Crippen LogP contribution in [-0.4, -0.2) is 33.2 Å². The largest absolute Gasteiger partial charge is 0.481 e. The van der Waals surface area contributed by atoms with E-state index in [0.29, 0.717) is 16.8 Å².